The molecule has 1 fully saturated rings. The lowest BCUT2D eigenvalue weighted by atomic mass is 10.0. The van der Waals surface area contributed by atoms with E-state index in [1.807, 2.05) is 30.3 Å². The Bertz CT molecular complexity index is 548. The predicted molar refractivity (Wildman–Crippen MR) is 92.8 cm³/mol. The molecule has 6 heteroatoms. The van der Waals surface area contributed by atoms with Crippen LogP contribution in [0.25, 0.3) is 0 Å². The summed E-state index contributed by atoms with van der Waals surface area (Å²) in [6.07, 6.45) is -0.116. The van der Waals surface area contributed by atoms with Gasteiger partial charge in [-0.3, -0.25) is 4.79 Å². The molecule has 1 unspecified atom stereocenters. The molecule has 1 aliphatic heterocycles. The van der Waals surface area contributed by atoms with E-state index in [9.17, 15) is 9.59 Å². The Kier molecular flexibility index (Phi) is 6.20. The van der Waals surface area contributed by atoms with E-state index >= 15 is 0 Å². The minimum absolute atomic E-state index is 0.0637. The molecule has 0 radical (unpaired) electrons. The van der Waals surface area contributed by atoms with Gasteiger partial charge in [-0.05, 0) is 26.3 Å². The molecule has 1 heterocycles. The molecule has 0 aliphatic carbocycles. The van der Waals surface area contributed by atoms with Crippen molar-refractivity contribution in [2.24, 2.45) is 0 Å². The maximum atomic E-state index is 12.8. The van der Waals surface area contributed by atoms with E-state index in [2.05, 4.69) is 10.6 Å². The number of benzene rings is 1. The Morgan fingerprint density at radius 2 is 1.83 bits per heavy atom. The van der Waals surface area contributed by atoms with Gasteiger partial charge in [-0.1, -0.05) is 30.3 Å². The van der Waals surface area contributed by atoms with Gasteiger partial charge in [-0.25, -0.2) is 4.79 Å². The van der Waals surface area contributed by atoms with Crippen molar-refractivity contribution in [3.8, 4) is 0 Å². The number of nitrogens with zero attached hydrogens (tertiary/aromatic N) is 1. The van der Waals surface area contributed by atoms with Crippen molar-refractivity contribution in [1.29, 1.82) is 0 Å². The number of amides is 2. The van der Waals surface area contributed by atoms with Gasteiger partial charge in [0.05, 0.1) is 0 Å². The van der Waals surface area contributed by atoms with Crippen molar-refractivity contribution in [3.05, 3.63) is 35.9 Å². The molecule has 24 heavy (non-hydrogen) atoms. The van der Waals surface area contributed by atoms with Gasteiger partial charge in [0.25, 0.3) is 0 Å². The van der Waals surface area contributed by atoms with Crippen LogP contribution in [0.5, 0.6) is 0 Å². The van der Waals surface area contributed by atoms with Crippen molar-refractivity contribution in [1.82, 2.24) is 15.5 Å². The number of ether oxygens (including phenoxy) is 1. The summed E-state index contributed by atoms with van der Waals surface area (Å²) in [4.78, 5) is 26.8. The highest BCUT2D eigenvalue weighted by molar-refractivity contribution is 5.86. The van der Waals surface area contributed by atoms with Crippen molar-refractivity contribution in [2.45, 2.75) is 38.8 Å². The Labute approximate surface area is 143 Å². The zero-order valence-electron chi connectivity index (χ0n) is 14.7. The predicted octanol–water partition coefficient (Wildman–Crippen LogP) is 1.55. The maximum Gasteiger partial charge on any atom is 0.408 e. The normalized spacial score (nSPS) is 16.4. The van der Waals surface area contributed by atoms with E-state index in [0.29, 0.717) is 19.5 Å². The average molecular weight is 333 g/mol. The van der Waals surface area contributed by atoms with Crippen LogP contribution < -0.4 is 10.6 Å². The first-order valence-corrected chi connectivity index (χ1v) is 8.38. The number of rotatable bonds is 4. The molecular weight excluding hydrogens is 306 g/mol. The third kappa shape index (κ3) is 5.85. The molecule has 2 amide bonds. The topological polar surface area (TPSA) is 70.7 Å². The molecule has 1 aliphatic rings. The third-order valence-corrected chi connectivity index (χ3v) is 3.70. The van der Waals surface area contributed by atoms with Gasteiger partial charge in [0.1, 0.15) is 11.6 Å². The van der Waals surface area contributed by atoms with Crippen LogP contribution in [0.4, 0.5) is 4.79 Å². The molecule has 2 N–H and O–H groups in total. The monoisotopic (exact) mass is 333 g/mol. The fraction of sp³-hybridized carbons (Fsp3) is 0.556. The Balaban J connectivity index is 2.08. The lowest BCUT2D eigenvalue weighted by molar-refractivity contribution is -0.134. The first-order valence-electron chi connectivity index (χ1n) is 8.38. The van der Waals surface area contributed by atoms with Gasteiger partial charge in [-0.15, -0.1) is 0 Å². The SMILES string of the molecule is CC(C)(C)OC(=O)NC(Cc1ccccc1)C(=O)N1CCNCC1. The summed E-state index contributed by atoms with van der Waals surface area (Å²) in [6.45, 7) is 8.26. The minimum atomic E-state index is -0.625. The molecule has 1 saturated heterocycles. The fourth-order valence-corrected chi connectivity index (χ4v) is 2.61. The van der Waals surface area contributed by atoms with E-state index in [1.54, 1.807) is 25.7 Å². The molecule has 0 bridgehead atoms. The summed E-state index contributed by atoms with van der Waals surface area (Å²) in [7, 11) is 0. The Hall–Kier alpha value is -2.08. The first kappa shape index (κ1) is 18.3. The van der Waals surface area contributed by atoms with Gasteiger partial charge in [0.2, 0.25) is 5.91 Å². The van der Waals surface area contributed by atoms with Crippen molar-refractivity contribution in [2.75, 3.05) is 26.2 Å². The molecule has 0 spiro atoms. The largest absolute Gasteiger partial charge is 0.444 e. The molecule has 1 atom stereocenters. The van der Waals surface area contributed by atoms with E-state index in [0.717, 1.165) is 18.7 Å². The number of nitrogens with one attached hydrogen (secondary N) is 2. The van der Waals surface area contributed by atoms with E-state index in [4.69, 9.17) is 4.74 Å². The highest BCUT2D eigenvalue weighted by Gasteiger charge is 2.28. The fourth-order valence-electron chi connectivity index (χ4n) is 2.61. The second-order valence-corrected chi connectivity index (χ2v) is 6.96. The summed E-state index contributed by atoms with van der Waals surface area (Å²) in [5.74, 6) is -0.0637. The number of alkyl carbamates (subject to hydrolysis) is 1. The molecule has 0 aromatic heterocycles. The average Bonchev–Trinajstić information content (AvgIpc) is 2.53. The number of carbonyl (C=O) groups excluding carboxylic acids is 2. The summed E-state index contributed by atoms with van der Waals surface area (Å²) in [5, 5.41) is 5.97. The zero-order chi connectivity index (χ0) is 17.6. The number of piperazine rings is 1. The molecule has 6 nitrogen and oxygen atoms in total. The van der Waals surface area contributed by atoms with Crippen molar-refractivity contribution < 1.29 is 14.3 Å². The highest BCUT2D eigenvalue weighted by atomic mass is 16.6. The van der Waals surface area contributed by atoms with Gasteiger partial charge in [0, 0.05) is 32.6 Å². The van der Waals surface area contributed by atoms with Crippen molar-refractivity contribution >= 4 is 12.0 Å². The highest BCUT2D eigenvalue weighted by Crippen LogP contribution is 2.10. The lowest BCUT2D eigenvalue weighted by Gasteiger charge is -2.31. The van der Waals surface area contributed by atoms with Gasteiger partial charge in [-0.2, -0.15) is 0 Å². The van der Waals surface area contributed by atoms with Gasteiger partial charge in [0.15, 0.2) is 0 Å². The van der Waals surface area contributed by atoms with Crippen LogP contribution in [0, 0.1) is 0 Å². The summed E-state index contributed by atoms with van der Waals surface area (Å²) in [5.41, 5.74) is 0.404. The van der Waals surface area contributed by atoms with E-state index in [1.165, 1.54) is 0 Å². The Morgan fingerprint density at radius 3 is 2.42 bits per heavy atom. The lowest BCUT2D eigenvalue weighted by Crippen LogP contribution is -2.55. The number of carbonyl (C=O) groups is 2. The van der Waals surface area contributed by atoms with Crippen LogP contribution in [0.2, 0.25) is 0 Å². The number of hydrogen-bond donors (Lipinski definition) is 2. The minimum Gasteiger partial charge on any atom is -0.444 e. The molecule has 1 aromatic rings. The number of hydrogen-bond acceptors (Lipinski definition) is 4. The van der Waals surface area contributed by atoms with Gasteiger partial charge < -0.3 is 20.3 Å². The molecule has 132 valence electrons. The van der Waals surface area contributed by atoms with Crippen LogP contribution in [-0.4, -0.2) is 54.7 Å². The summed E-state index contributed by atoms with van der Waals surface area (Å²) < 4.78 is 5.31. The quantitative estimate of drug-likeness (QED) is 0.877. The zero-order valence-corrected chi connectivity index (χ0v) is 14.7. The molecular formula is C18H27N3O3. The van der Waals surface area contributed by atoms with Crippen LogP contribution in [0.3, 0.4) is 0 Å². The maximum absolute atomic E-state index is 12.8. The molecule has 1 aromatic carbocycles. The second kappa shape index (κ2) is 8.15. The molecule has 2 rings (SSSR count). The summed E-state index contributed by atoms with van der Waals surface area (Å²) >= 11 is 0. The first-order chi connectivity index (χ1) is 11.3. The van der Waals surface area contributed by atoms with Crippen molar-refractivity contribution in [3.63, 3.8) is 0 Å². The van der Waals surface area contributed by atoms with Crippen LogP contribution in [0.1, 0.15) is 26.3 Å². The van der Waals surface area contributed by atoms with Crippen LogP contribution >= 0.6 is 0 Å². The standard InChI is InChI=1S/C18H27N3O3/c1-18(2,3)24-17(23)20-15(13-14-7-5-4-6-8-14)16(22)21-11-9-19-10-12-21/h4-8,15,19H,9-13H2,1-3H3,(H,20,23). The van der Waals surface area contributed by atoms with Crippen LogP contribution in [-0.2, 0) is 16.0 Å². The second-order valence-electron chi connectivity index (χ2n) is 6.96. The third-order valence-electron chi connectivity index (χ3n) is 3.70. The molecule has 0 saturated carbocycles. The van der Waals surface area contributed by atoms with Gasteiger partial charge >= 0.3 is 6.09 Å². The summed E-state index contributed by atoms with van der Waals surface area (Å²) in [6, 6.07) is 9.06. The smallest absolute Gasteiger partial charge is 0.408 e. The van der Waals surface area contributed by atoms with Crippen LogP contribution in [0.15, 0.2) is 30.3 Å². The van der Waals surface area contributed by atoms with E-state index in [-0.39, 0.29) is 5.91 Å². The van der Waals surface area contributed by atoms with E-state index < -0.39 is 17.7 Å². The Morgan fingerprint density at radius 1 is 1.21 bits per heavy atom.